The number of hydrogen-bond donors (Lipinski definition) is 2. The maximum Gasteiger partial charge on any atom is 0.220 e. The van der Waals surface area contributed by atoms with Gasteiger partial charge in [0.1, 0.15) is 0 Å². The summed E-state index contributed by atoms with van der Waals surface area (Å²) in [6, 6.07) is 22.9. The number of nitrogens with one attached hydrogen (secondary N) is 2. The lowest BCUT2D eigenvalue weighted by Gasteiger charge is -2.29. The summed E-state index contributed by atoms with van der Waals surface area (Å²) in [5.74, 6) is 0.106. The Morgan fingerprint density at radius 3 is 2.45 bits per heavy atom. The molecule has 4 nitrogen and oxygen atoms in total. The molecule has 2 unspecified atom stereocenters. The fourth-order valence-electron chi connectivity index (χ4n) is 4.29. The fourth-order valence-corrected chi connectivity index (χ4v) is 5.03. The van der Waals surface area contributed by atoms with Gasteiger partial charge in [0.05, 0.1) is 6.04 Å². The summed E-state index contributed by atoms with van der Waals surface area (Å²) in [6.45, 7) is 2.01. The van der Waals surface area contributed by atoms with E-state index in [0.29, 0.717) is 19.3 Å². The van der Waals surface area contributed by atoms with Gasteiger partial charge < -0.3 is 10.6 Å². The molecule has 0 spiro atoms. The maximum absolute atomic E-state index is 12.6. The topological polar surface area (TPSA) is 58.2 Å². The Balaban J connectivity index is 1.39. The Morgan fingerprint density at radius 2 is 1.81 bits per heavy atom. The average molecular weight is 433 g/mol. The van der Waals surface area contributed by atoms with Gasteiger partial charge in [-0.2, -0.15) is 0 Å². The highest BCUT2D eigenvalue weighted by atomic mass is 32.1. The second kappa shape index (κ2) is 9.48. The van der Waals surface area contributed by atoms with Crippen LogP contribution in [-0.4, -0.2) is 17.4 Å². The molecule has 0 aliphatic carbocycles. The van der Waals surface area contributed by atoms with Crippen molar-refractivity contribution in [2.75, 3.05) is 0 Å². The van der Waals surface area contributed by atoms with Crippen LogP contribution in [0.2, 0.25) is 0 Å². The Morgan fingerprint density at radius 1 is 1.06 bits per heavy atom. The normalized spacial score (nSPS) is 19.1. The van der Waals surface area contributed by atoms with Crippen molar-refractivity contribution >= 4 is 23.2 Å². The van der Waals surface area contributed by atoms with Crippen LogP contribution in [0.3, 0.4) is 0 Å². The molecule has 0 saturated carbocycles. The molecule has 0 radical (unpaired) electrons. The molecular formula is C26H28N2O2S. The van der Waals surface area contributed by atoms with Crippen LogP contribution in [0, 0.1) is 0 Å². The van der Waals surface area contributed by atoms with Gasteiger partial charge in [-0.25, -0.2) is 0 Å². The lowest BCUT2D eigenvalue weighted by Crippen LogP contribution is -2.44. The molecule has 160 valence electrons. The lowest BCUT2D eigenvalue weighted by atomic mass is 9.84. The van der Waals surface area contributed by atoms with Crippen molar-refractivity contribution in [2.45, 2.75) is 50.6 Å². The highest BCUT2D eigenvalue weighted by molar-refractivity contribution is 7.10. The van der Waals surface area contributed by atoms with Crippen LogP contribution in [0.5, 0.6) is 0 Å². The summed E-state index contributed by atoms with van der Waals surface area (Å²) in [5, 5.41) is 8.28. The summed E-state index contributed by atoms with van der Waals surface area (Å²) >= 11 is 1.65. The van der Waals surface area contributed by atoms with E-state index in [0.717, 1.165) is 17.7 Å². The van der Waals surface area contributed by atoms with Gasteiger partial charge in [-0.15, -0.1) is 11.3 Å². The molecule has 0 bridgehead atoms. The summed E-state index contributed by atoms with van der Waals surface area (Å²) in [4.78, 5) is 25.8. The molecule has 2 N–H and O–H groups in total. The van der Waals surface area contributed by atoms with Gasteiger partial charge in [0.2, 0.25) is 11.8 Å². The van der Waals surface area contributed by atoms with E-state index < -0.39 is 0 Å². The molecule has 3 aromatic rings. The quantitative estimate of drug-likeness (QED) is 0.510. The van der Waals surface area contributed by atoms with Crippen LogP contribution >= 0.6 is 11.3 Å². The zero-order valence-electron chi connectivity index (χ0n) is 17.8. The number of thiophene rings is 1. The molecule has 4 rings (SSSR count). The van der Waals surface area contributed by atoms with Crippen molar-refractivity contribution in [1.29, 1.82) is 0 Å². The van der Waals surface area contributed by atoms with Gasteiger partial charge in [0.15, 0.2) is 0 Å². The van der Waals surface area contributed by atoms with Gasteiger partial charge in [0, 0.05) is 23.3 Å². The van der Waals surface area contributed by atoms with Crippen molar-refractivity contribution in [1.82, 2.24) is 10.6 Å². The van der Waals surface area contributed by atoms with Gasteiger partial charge in [-0.1, -0.05) is 60.7 Å². The van der Waals surface area contributed by atoms with Crippen molar-refractivity contribution in [3.8, 4) is 11.1 Å². The molecule has 2 amide bonds. The van der Waals surface area contributed by atoms with Crippen LogP contribution in [0.15, 0.2) is 72.1 Å². The molecule has 1 aromatic heterocycles. The molecule has 1 aliphatic rings. The highest BCUT2D eigenvalue weighted by Gasteiger charge is 2.37. The molecule has 2 aromatic carbocycles. The minimum Gasteiger partial charge on any atom is -0.350 e. The minimum atomic E-state index is -0.352. The van der Waals surface area contributed by atoms with Gasteiger partial charge in [0.25, 0.3) is 0 Å². The second-order valence-electron chi connectivity index (χ2n) is 8.37. The molecule has 1 aliphatic heterocycles. The van der Waals surface area contributed by atoms with Crippen molar-refractivity contribution in [2.24, 2.45) is 0 Å². The molecule has 2 atom stereocenters. The van der Waals surface area contributed by atoms with Crippen molar-refractivity contribution in [3.05, 3.63) is 82.6 Å². The summed E-state index contributed by atoms with van der Waals surface area (Å²) in [6.07, 6.45) is 3.07. The first-order chi connectivity index (χ1) is 15.0. The fraction of sp³-hybridized carbons (Fsp3) is 0.308. The standard InChI is InChI=1S/C26H28N2O2S/c1-19(23-8-5-17-31-23)27-24(29)13-15-26(16-14-25(30)28-26)18-20-9-11-22(12-10-20)21-6-3-2-4-7-21/h2-12,17,19H,13-16,18H2,1H3,(H,27,29)(H,28,30). The predicted octanol–water partition coefficient (Wildman–Crippen LogP) is 5.26. The largest absolute Gasteiger partial charge is 0.350 e. The molecule has 5 heteroatoms. The van der Waals surface area contributed by atoms with Crippen LogP contribution in [0.25, 0.3) is 11.1 Å². The third-order valence-electron chi connectivity index (χ3n) is 6.02. The summed E-state index contributed by atoms with van der Waals surface area (Å²) in [7, 11) is 0. The first kappa shape index (κ1) is 21.3. The zero-order chi connectivity index (χ0) is 21.7. The lowest BCUT2D eigenvalue weighted by molar-refractivity contribution is -0.123. The maximum atomic E-state index is 12.6. The SMILES string of the molecule is CC(NC(=O)CCC1(Cc2ccc(-c3ccccc3)cc2)CCC(=O)N1)c1cccs1. The van der Waals surface area contributed by atoms with Crippen molar-refractivity contribution in [3.63, 3.8) is 0 Å². The Bertz CT molecular complexity index is 1020. The van der Waals surface area contributed by atoms with Gasteiger partial charge in [-0.05, 0) is 54.3 Å². The van der Waals surface area contributed by atoms with E-state index in [9.17, 15) is 9.59 Å². The van der Waals surface area contributed by atoms with Crippen LogP contribution in [0.4, 0.5) is 0 Å². The molecule has 1 fully saturated rings. The molecule has 31 heavy (non-hydrogen) atoms. The number of benzene rings is 2. The van der Waals surface area contributed by atoms with Gasteiger partial charge >= 0.3 is 0 Å². The van der Waals surface area contributed by atoms with E-state index in [1.807, 2.05) is 42.6 Å². The predicted molar refractivity (Wildman–Crippen MR) is 126 cm³/mol. The molecule has 2 heterocycles. The summed E-state index contributed by atoms with van der Waals surface area (Å²) in [5.41, 5.74) is 3.19. The van der Waals surface area contributed by atoms with E-state index >= 15 is 0 Å². The second-order valence-corrected chi connectivity index (χ2v) is 9.35. The van der Waals surface area contributed by atoms with E-state index in [2.05, 4.69) is 47.0 Å². The highest BCUT2D eigenvalue weighted by Crippen LogP contribution is 2.31. The Kier molecular flexibility index (Phi) is 6.52. The first-order valence-corrected chi connectivity index (χ1v) is 11.7. The summed E-state index contributed by atoms with van der Waals surface area (Å²) < 4.78 is 0. The van der Waals surface area contributed by atoms with Crippen molar-refractivity contribution < 1.29 is 9.59 Å². The third kappa shape index (κ3) is 5.42. The number of carbonyl (C=O) groups excluding carboxylic acids is 2. The smallest absolute Gasteiger partial charge is 0.220 e. The number of hydrogen-bond acceptors (Lipinski definition) is 3. The van der Waals surface area contributed by atoms with Crippen LogP contribution in [0.1, 0.15) is 49.1 Å². The number of rotatable bonds is 8. The zero-order valence-corrected chi connectivity index (χ0v) is 18.6. The van der Waals surface area contributed by atoms with E-state index in [1.54, 1.807) is 11.3 Å². The monoisotopic (exact) mass is 432 g/mol. The minimum absolute atomic E-state index is 0.00662. The first-order valence-electron chi connectivity index (χ1n) is 10.8. The van der Waals surface area contributed by atoms with Crippen LogP contribution in [-0.2, 0) is 16.0 Å². The third-order valence-corrected chi connectivity index (χ3v) is 7.07. The Hall–Kier alpha value is -2.92. The van der Waals surface area contributed by atoms with E-state index in [-0.39, 0.29) is 23.4 Å². The number of amides is 2. The Labute approximate surface area is 187 Å². The van der Waals surface area contributed by atoms with E-state index in [4.69, 9.17) is 0 Å². The van der Waals surface area contributed by atoms with E-state index in [1.165, 1.54) is 16.7 Å². The van der Waals surface area contributed by atoms with Crippen LogP contribution < -0.4 is 10.6 Å². The number of carbonyl (C=O) groups is 2. The average Bonchev–Trinajstić information content (AvgIpc) is 3.44. The molecular weight excluding hydrogens is 404 g/mol. The van der Waals surface area contributed by atoms with Gasteiger partial charge in [-0.3, -0.25) is 9.59 Å². The molecule has 1 saturated heterocycles.